The Morgan fingerprint density at radius 2 is 2.10 bits per heavy atom. The van der Waals surface area contributed by atoms with Crippen LogP contribution in [0, 0.1) is 0 Å². The summed E-state index contributed by atoms with van der Waals surface area (Å²) in [7, 11) is 0. The van der Waals surface area contributed by atoms with Gasteiger partial charge in [0.05, 0.1) is 0 Å². The van der Waals surface area contributed by atoms with Crippen LogP contribution >= 0.6 is 23.0 Å². The normalized spacial score (nSPS) is 17.9. The van der Waals surface area contributed by atoms with Crippen molar-refractivity contribution in [3.05, 3.63) is 0 Å². The summed E-state index contributed by atoms with van der Waals surface area (Å²) in [6, 6.07) is 0. The van der Waals surface area contributed by atoms with Gasteiger partial charge in [-0.05, 0) is 12.8 Å². The van der Waals surface area contributed by atoms with Crippen LogP contribution in [0.1, 0.15) is 12.8 Å². The SMILES string of the molecule is O=C(COI)N1CCCC1. The summed E-state index contributed by atoms with van der Waals surface area (Å²) in [4.78, 5) is 12.9. The second kappa shape index (κ2) is 4.12. The van der Waals surface area contributed by atoms with Crippen LogP contribution in [0.5, 0.6) is 0 Å². The van der Waals surface area contributed by atoms with E-state index in [0.717, 1.165) is 25.9 Å². The molecule has 1 saturated heterocycles. The third kappa shape index (κ3) is 2.09. The molecule has 0 unspecified atom stereocenters. The quantitative estimate of drug-likeness (QED) is 0.688. The molecule has 0 aliphatic carbocycles. The van der Waals surface area contributed by atoms with E-state index in [1.807, 2.05) is 4.90 Å². The fourth-order valence-electron chi connectivity index (χ4n) is 1.10. The minimum Gasteiger partial charge on any atom is -0.341 e. The summed E-state index contributed by atoms with van der Waals surface area (Å²) in [5, 5.41) is 0. The van der Waals surface area contributed by atoms with E-state index in [1.54, 1.807) is 23.0 Å². The zero-order valence-corrected chi connectivity index (χ0v) is 7.83. The Hall–Kier alpha value is 0.160. The van der Waals surface area contributed by atoms with Crippen molar-refractivity contribution >= 4 is 28.9 Å². The van der Waals surface area contributed by atoms with Gasteiger partial charge >= 0.3 is 0 Å². The molecule has 0 spiro atoms. The molecule has 1 aliphatic heterocycles. The van der Waals surface area contributed by atoms with Gasteiger partial charge in [0.15, 0.2) is 0 Å². The molecule has 0 aromatic carbocycles. The lowest BCUT2D eigenvalue weighted by Gasteiger charge is -2.12. The minimum absolute atomic E-state index is 0.118. The van der Waals surface area contributed by atoms with E-state index < -0.39 is 0 Å². The molecule has 0 N–H and O–H groups in total. The molecule has 3 nitrogen and oxygen atoms in total. The van der Waals surface area contributed by atoms with Gasteiger partial charge in [-0.3, -0.25) is 4.79 Å². The lowest BCUT2D eigenvalue weighted by Crippen LogP contribution is -2.30. The highest BCUT2D eigenvalue weighted by atomic mass is 127. The highest BCUT2D eigenvalue weighted by Gasteiger charge is 2.16. The Labute approximate surface area is 74.4 Å². The van der Waals surface area contributed by atoms with Crippen LogP contribution in [0.25, 0.3) is 0 Å². The summed E-state index contributed by atoms with van der Waals surface area (Å²) in [5.74, 6) is 0.118. The topological polar surface area (TPSA) is 29.5 Å². The highest BCUT2D eigenvalue weighted by molar-refractivity contribution is 14.1. The maximum absolute atomic E-state index is 11.0. The standard InChI is InChI=1S/C6H10INO2/c7-10-5-6(9)8-3-1-2-4-8/h1-5H2. The first-order valence-corrected chi connectivity index (χ1v) is 4.24. The van der Waals surface area contributed by atoms with E-state index >= 15 is 0 Å². The number of nitrogens with zero attached hydrogens (tertiary/aromatic N) is 1. The summed E-state index contributed by atoms with van der Waals surface area (Å²) < 4.78 is 4.69. The fourth-order valence-corrected chi connectivity index (χ4v) is 1.37. The van der Waals surface area contributed by atoms with E-state index in [-0.39, 0.29) is 12.5 Å². The van der Waals surface area contributed by atoms with Crippen molar-refractivity contribution in [1.29, 1.82) is 0 Å². The number of likely N-dealkylation sites (tertiary alicyclic amines) is 1. The molecule has 1 fully saturated rings. The molecule has 0 atom stereocenters. The second-order valence-corrected chi connectivity index (χ2v) is 2.96. The van der Waals surface area contributed by atoms with E-state index in [9.17, 15) is 4.79 Å². The maximum Gasteiger partial charge on any atom is 0.249 e. The van der Waals surface area contributed by atoms with Crippen LogP contribution in [0.15, 0.2) is 0 Å². The molecule has 1 heterocycles. The molecule has 0 radical (unpaired) electrons. The summed E-state index contributed by atoms with van der Waals surface area (Å²) in [6.07, 6.45) is 2.29. The third-order valence-corrected chi connectivity index (χ3v) is 1.95. The average molecular weight is 255 g/mol. The van der Waals surface area contributed by atoms with Crippen molar-refractivity contribution in [2.75, 3.05) is 19.7 Å². The molecular formula is C6H10INO2. The second-order valence-electron chi connectivity index (χ2n) is 2.34. The lowest BCUT2D eigenvalue weighted by molar-refractivity contribution is -0.131. The van der Waals surface area contributed by atoms with Crippen molar-refractivity contribution in [3.8, 4) is 0 Å². The molecular weight excluding hydrogens is 245 g/mol. The Kier molecular flexibility index (Phi) is 3.41. The summed E-state index contributed by atoms with van der Waals surface area (Å²) in [6.45, 7) is 2.05. The van der Waals surface area contributed by atoms with Gasteiger partial charge in [-0.2, -0.15) is 0 Å². The van der Waals surface area contributed by atoms with Gasteiger partial charge in [0.2, 0.25) is 5.91 Å². The van der Waals surface area contributed by atoms with Gasteiger partial charge in [0.1, 0.15) is 29.6 Å². The molecule has 0 aromatic rings. The predicted molar refractivity (Wildman–Crippen MR) is 45.8 cm³/mol. The number of amides is 1. The van der Waals surface area contributed by atoms with E-state index in [4.69, 9.17) is 3.07 Å². The van der Waals surface area contributed by atoms with Gasteiger partial charge < -0.3 is 7.97 Å². The molecule has 1 amide bonds. The Balaban J connectivity index is 2.25. The number of carbonyl (C=O) groups excluding carboxylic acids is 1. The van der Waals surface area contributed by atoms with Crippen LogP contribution in [0.3, 0.4) is 0 Å². The number of halogens is 1. The fraction of sp³-hybridized carbons (Fsp3) is 0.833. The van der Waals surface area contributed by atoms with Crippen LogP contribution in [0.4, 0.5) is 0 Å². The molecule has 58 valence electrons. The first-order chi connectivity index (χ1) is 4.84. The smallest absolute Gasteiger partial charge is 0.249 e. The third-order valence-electron chi connectivity index (χ3n) is 1.64. The minimum atomic E-state index is 0.118. The van der Waals surface area contributed by atoms with E-state index in [2.05, 4.69) is 0 Å². The molecule has 1 aliphatic rings. The summed E-state index contributed by atoms with van der Waals surface area (Å²) >= 11 is 1.74. The largest absolute Gasteiger partial charge is 0.341 e. The van der Waals surface area contributed by atoms with E-state index in [0.29, 0.717) is 0 Å². The zero-order chi connectivity index (χ0) is 7.40. The first-order valence-electron chi connectivity index (χ1n) is 3.36. The Morgan fingerprint density at radius 1 is 1.50 bits per heavy atom. The molecule has 0 bridgehead atoms. The zero-order valence-electron chi connectivity index (χ0n) is 5.68. The molecule has 0 saturated carbocycles. The Morgan fingerprint density at radius 3 is 2.60 bits per heavy atom. The van der Waals surface area contributed by atoms with Crippen LogP contribution in [0.2, 0.25) is 0 Å². The first kappa shape index (κ1) is 8.26. The number of hydrogen-bond donors (Lipinski definition) is 0. The highest BCUT2D eigenvalue weighted by Crippen LogP contribution is 2.07. The van der Waals surface area contributed by atoms with Gasteiger partial charge in [-0.1, -0.05) is 0 Å². The molecule has 0 aromatic heterocycles. The van der Waals surface area contributed by atoms with Crippen LogP contribution in [-0.2, 0) is 7.86 Å². The molecule has 10 heavy (non-hydrogen) atoms. The average Bonchev–Trinajstić information content (AvgIpc) is 2.38. The van der Waals surface area contributed by atoms with Gasteiger partial charge in [0.25, 0.3) is 0 Å². The van der Waals surface area contributed by atoms with Crippen LogP contribution in [-0.4, -0.2) is 30.5 Å². The predicted octanol–water partition coefficient (Wildman–Crippen LogP) is 0.975. The lowest BCUT2D eigenvalue weighted by atomic mass is 10.4. The maximum atomic E-state index is 11.0. The Bertz CT molecular complexity index is 123. The van der Waals surface area contributed by atoms with Crippen molar-refractivity contribution in [2.45, 2.75) is 12.8 Å². The van der Waals surface area contributed by atoms with Crippen molar-refractivity contribution in [1.82, 2.24) is 4.90 Å². The van der Waals surface area contributed by atoms with E-state index in [1.165, 1.54) is 0 Å². The number of hydrogen-bond acceptors (Lipinski definition) is 2. The van der Waals surface area contributed by atoms with Gasteiger partial charge in [-0.15, -0.1) is 0 Å². The van der Waals surface area contributed by atoms with Crippen molar-refractivity contribution in [2.24, 2.45) is 0 Å². The number of carbonyl (C=O) groups is 1. The summed E-state index contributed by atoms with van der Waals surface area (Å²) in [5.41, 5.74) is 0. The van der Waals surface area contributed by atoms with Crippen LogP contribution < -0.4 is 0 Å². The van der Waals surface area contributed by atoms with Crippen molar-refractivity contribution in [3.63, 3.8) is 0 Å². The van der Waals surface area contributed by atoms with Gasteiger partial charge in [0, 0.05) is 13.1 Å². The molecule has 1 rings (SSSR count). The monoisotopic (exact) mass is 255 g/mol. The van der Waals surface area contributed by atoms with Crippen molar-refractivity contribution < 1.29 is 7.86 Å². The van der Waals surface area contributed by atoms with Gasteiger partial charge in [-0.25, -0.2) is 0 Å². The number of rotatable bonds is 2. The molecule has 4 heteroatoms.